The Morgan fingerprint density at radius 1 is 1.18 bits per heavy atom. The molecule has 0 bridgehead atoms. The summed E-state index contributed by atoms with van der Waals surface area (Å²) in [5, 5.41) is 3.75. The van der Waals surface area contributed by atoms with Crippen molar-refractivity contribution < 1.29 is 13.2 Å². The van der Waals surface area contributed by atoms with Crippen LogP contribution >= 0.6 is 15.9 Å². The molecule has 0 saturated carbocycles. The highest BCUT2D eigenvalue weighted by Crippen LogP contribution is 2.32. The zero-order valence-corrected chi connectivity index (χ0v) is 9.96. The van der Waals surface area contributed by atoms with Gasteiger partial charge in [0, 0.05) is 11.8 Å². The van der Waals surface area contributed by atoms with Crippen LogP contribution in [-0.4, -0.2) is 9.78 Å². The fourth-order valence-electron chi connectivity index (χ4n) is 1.37. The minimum atomic E-state index is -4.46. The van der Waals surface area contributed by atoms with Gasteiger partial charge in [-0.1, -0.05) is 0 Å². The number of rotatable bonds is 1. The molecule has 0 amide bonds. The Morgan fingerprint density at radius 3 is 2.29 bits per heavy atom. The molecule has 2 aromatic rings. The molecule has 0 saturated heterocycles. The minimum Gasteiger partial charge on any atom is -0.399 e. The number of alkyl halides is 3. The van der Waals surface area contributed by atoms with E-state index in [-0.39, 0.29) is 4.60 Å². The van der Waals surface area contributed by atoms with E-state index >= 15 is 0 Å². The van der Waals surface area contributed by atoms with Crippen LogP contribution in [0.2, 0.25) is 0 Å². The van der Waals surface area contributed by atoms with Crippen molar-refractivity contribution in [1.29, 1.82) is 0 Å². The maximum absolute atomic E-state index is 12.7. The first-order valence-corrected chi connectivity index (χ1v) is 5.36. The second-order valence-corrected chi connectivity index (χ2v) is 4.17. The van der Waals surface area contributed by atoms with E-state index in [1.807, 2.05) is 0 Å². The van der Waals surface area contributed by atoms with E-state index in [9.17, 15) is 13.2 Å². The van der Waals surface area contributed by atoms with Crippen LogP contribution in [0.4, 0.5) is 18.9 Å². The molecular weight excluding hydrogens is 299 g/mol. The standard InChI is InChI=1S/C10H7BrF3N3/c11-9-5-8(10(12,13)14)17(16-9)7-3-1-6(15)2-4-7/h1-5H,15H2. The van der Waals surface area contributed by atoms with Crippen molar-refractivity contribution in [3.8, 4) is 5.69 Å². The lowest BCUT2D eigenvalue weighted by atomic mass is 10.3. The van der Waals surface area contributed by atoms with E-state index in [0.29, 0.717) is 11.4 Å². The molecule has 90 valence electrons. The highest BCUT2D eigenvalue weighted by Gasteiger charge is 2.36. The summed E-state index contributed by atoms with van der Waals surface area (Å²) in [6, 6.07) is 6.92. The van der Waals surface area contributed by atoms with Crippen LogP contribution in [0.1, 0.15) is 5.69 Å². The number of nitrogens with two attached hydrogens (primary N) is 1. The van der Waals surface area contributed by atoms with Crippen LogP contribution in [0, 0.1) is 0 Å². The van der Waals surface area contributed by atoms with Gasteiger partial charge in [-0.05, 0) is 40.2 Å². The first-order chi connectivity index (χ1) is 7.88. The van der Waals surface area contributed by atoms with Gasteiger partial charge in [0.1, 0.15) is 10.3 Å². The highest BCUT2D eigenvalue weighted by atomic mass is 79.9. The van der Waals surface area contributed by atoms with Crippen LogP contribution < -0.4 is 5.73 Å². The molecule has 0 aliphatic rings. The number of anilines is 1. The zero-order chi connectivity index (χ0) is 12.6. The molecule has 1 heterocycles. The Labute approximate surface area is 103 Å². The van der Waals surface area contributed by atoms with Gasteiger partial charge in [0.05, 0.1) is 5.69 Å². The summed E-state index contributed by atoms with van der Waals surface area (Å²) in [7, 11) is 0. The summed E-state index contributed by atoms with van der Waals surface area (Å²) >= 11 is 2.93. The van der Waals surface area contributed by atoms with E-state index in [1.54, 1.807) is 0 Å². The highest BCUT2D eigenvalue weighted by molar-refractivity contribution is 9.10. The number of hydrogen-bond acceptors (Lipinski definition) is 2. The number of halogens is 4. The molecule has 0 aliphatic heterocycles. The third-order valence-corrected chi connectivity index (χ3v) is 2.50. The molecule has 0 atom stereocenters. The van der Waals surface area contributed by atoms with Crippen molar-refractivity contribution in [3.05, 3.63) is 40.6 Å². The fraction of sp³-hybridized carbons (Fsp3) is 0.100. The summed E-state index contributed by atoms with van der Waals surface area (Å²) in [6.07, 6.45) is -4.46. The summed E-state index contributed by atoms with van der Waals surface area (Å²) in [5.74, 6) is 0. The molecule has 2 N–H and O–H groups in total. The van der Waals surface area contributed by atoms with Crippen molar-refractivity contribution in [3.63, 3.8) is 0 Å². The average Bonchev–Trinajstić information content (AvgIpc) is 2.61. The Balaban J connectivity index is 2.55. The summed E-state index contributed by atoms with van der Waals surface area (Å²) in [5.41, 5.74) is 5.42. The van der Waals surface area contributed by atoms with Gasteiger partial charge in [0.15, 0.2) is 0 Å². The van der Waals surface area contributed by atoms with E-state index in [0.717, 1.165) is 10.7 Å². The van der Waals surface area contributed by atoms with Gasteiger partial charge in [0.2, 0.25) is 0 Å². The molecule has 1 aromatic carbocycles. The Kier molecular flexibility index (Phi) is 2.86. The second-order valence-electron chi connectivity index (χ2n) is 3.35. The average molecular weight is 306 g/mol. The molecule has 0 spiro atoms. The molecule has 0 unspecified atom stereocenters. The number of nitrogens with zero attached hydrogens (tertiary/aromatic N) is 2. The van der Waals surface area contributed by atoms with E-state index < -0.39 is 11.9 Å². The molecule has 0 radical (unpaired) electrons. The maximum atomic E-state index is 12.7. The van der Waals surface area contributed by atoms with Crippen LogP contribution in [0.5, 0.6) is 0 Å². The molecule has 0 aliphatic carbocycles. The van der Waals surface area contributed by atoms with Gasteiger partial charge < -0.3 is 5.73 Å². The number of hydrogen-bond donors (Lipinski definition) is 1. The van der Waals surface area contributed by atoms with Crippen LogP contribution in [0.3, 0.4) is 0 Å². The largest absolute Gasteiger partial charge is 0.433 e. The smallest absolute Gasteiger partial charge is 0.399 e. The number of benzene rings is 1. The van der Waals surface area contributed by atoms with Crippen molar-refractivity contribution in [1.82, 2.24) is 9.78 Å². The first kappa shape index (κ1) is 12.0. The molecule has 2 rings (SSSR count). The molecular formula is C10H7BrF3N3. The van der Waals surface area contributed by atoms with Gasteiger partial charge in [-0.25, -0.2) is 4.68 Å². The van der Waals surface area contributed by atoms with Gasteiger partial charge in [-0.15, -0.1) is 0 Å². The van der Waals surface area contributed by atoms with Gasteiger partial charge >= 0.3 is 6.18 Å². The molecule has 0 fully saturated rings. The number of aromatic nitrogens is 2. The monoisotopic (exact) mass is 305 g/mol. The van der Waals surface area contributed by atoms with Crippen molar-refractivity contribution in [2.45, 2.75) is 6.18 Å². The van der Waals surface area contributed by atoms with Crippen molar-refractivity contribution >= 4 is 21.6 Å². The Bertz CT molecular complexity index is 531. The molecule has 1 aromatic heterocycles. The van der Waals surface area contributed by atoms with Gasteiger partial charge in [-0.3, -0.25) is 0 Å². The van der Waals surface area contributed by atoms with Crippen LogP contribution in [0.15, 0.2) is 34.9 Å². The zero-order valence-electron chi connectivity index (χ0n) is 8.37. The van der Waals surface area contributed by atoms with Crippen molar-refractivity contribution in [2.75, 3.05) is 5.73 Å². The summed E-state index contributed by atoms with van der Waals surface area (Å²) in [6.45, 7) is 0. The third kappa shape index (κ3) is 2.44. The van der Waals surface area contributed by atoms with Crippen LogP contribution in [0.25, 0.3) is 5.69 Å². The lowest BCUT2D eigenvalue weighted by Crippen LogP contribution is -2.13. The normalized spacial score (nSPS) is 11.8. The first-order valence-electron chi connectivity index (χ1n) is 4.56. The van der Waals surface area contributed by atoms with E-state index in [2.05, 4.69) is 21.0 Å². The summed E-state index contributed by atoms with van der Waals surface area (Å²) < 4.78 is 39.1. The number of nitrogen functional groups attached to an aromatic ring is 1. The van der Waals surface area contributed by atoms with Crippen molar-refractivity contribution in [2.24, 2.45) is 0 Å². The lowest BCUT2D eigenvalue weighted by Gasteiger charge is -2.10. The second kappa shape index (κ2) is 4.06. The third-order valence-electron chi connectivity index (χ3n) is 2.11. The lowest BCUT2D eigenvalue weighted by molar-refractivity contribution is -0.142. The van der Waals surface area contributed by atoms with Gasteiger partial charge in [0.25, 0.3) is 0 Å². The molecule has 3 nitrogen and oxygen atoms in total. The Morgan fingerprint density at radius 2 is 1.76 bits per heavy atom. The summed E-state index contributed by atoms with van der Waals surface area (Å²) in [4.78, 5) is 0. The Hall–Kier alpha value is -1.50. The van der Waals surface area contributed by atoms with E-state index in [1.165, 1.54) is 24.3 Å². The topological polar surface area (TPSA) is 43.8 Å². The predicted octanol–water partition coefficient (Wildman–Crippen LogP) is 3.24. The SMILES string of the molecule is Nc1ccc(-n2nc(Br)cc2C(F)(F)F)cc1. The minimum absolute atomic E-state index is 0.127. The fourth-order valence-corrected chi connectivity index (χ4v) is 1.74. The van der Waals surface area contributed by atoms with E-state index in [4.69, 9.17) is 5.73 Å². The molecule has 17 heavy (non-hydrogen) atoms. The van der Waals surface area contributed by atoms with Gasteiger partial charge in [-0.2, -0.15) is 18.3 Å². The quantitative estimate of drug-likeness (QED) is 0.822. The maximum Gasteiger partial charge on any atom is 0.433 e. The van der Waals surface area contributed by atoms with Crippen LogP contribution in [-0.2, 0) is 6.18 Å². The predicted molar refractivity (Wildman–Crippen MR) is 60.7 cm³/mol. The molecule has 7 heteroatoms.